The fraction of sp³-hybridized carbons (Fsp3) is 0.435. The lowest BCUT2D eigenvalue weighted by Gasteiger charge is -2.26. The fourth-order valence-electron chi connectivity index (χ4n) is 17.4. The third-order valence-corrected chi connectivity index (χ3v) is 28.8. The van der Waals surface area contributed by atoms with E-state index in [9.17, 15) is 77.1 Å². The number of ketones is 3. The lowest BCUT2D eigenvalue weighted by molar-refractivity contribution is 0.0697. The summed E-state index contributed by atoms with van der Waals surface area (Å²) in [6.45, 7) is 29.7. The van der Waals surface area contributed by atoms with Crippen molar-refractivity contribution in [3.63, 3.8) is 0 Å². The predicted octanol–water partition coefficient (Wildman–Crippen LogP) is 10.9. The summed E-state index contributed by atoms with van der Waals surface area (Å²) < 4.78 is 131. The number of nitrogens with zero attached hydrogens (tertiary/aromatic N) is 12. The van der Waals surface area contributed by atoms with Gasteiger partial charge >= 0.3 is 5.97 Å². The van der Waals surface area contributed by atoms with Crippen LogP contribution in [0.1, 0.15) is 238 Å². The highest BCUT2D eigenvalue weighted by Gasteiger charge is 2.36. The maximum absolute atomic E-state index is 13.4. The Balaban J connectivity index is 0.000000235. The van der Waals surface area contributed by atoms with E-state index in [4.69, 9.17) is 24.7 Å². The van der Waals surface area contributed by atoms with E-state index >= 15 is 0 Å². The number of ether oxygens (including phenoxy) is 4. The molecule has 0 amide bonds. The normalized spacial score (nSPS) is 12.7. The first-order valence-corrected chi connectivity index (χ1v) is 50.1. The van der Waals surface area contributed by atoms with Crippen LogP contribution < -0.4 is 46.9 Å². The molecule has 12 aromatic rings. The molecule has 4 unspecified atom stereocenters. The quantitative estimate of drug-likeness (QED) is 0.0204. The summed E-state index contributed by atoms with van der Waals surface area (Å²) >= 11 is 0. The van der Waals surface area contributed by atoms with E-state index in [1.165, 1.54) is 68.9 Å². The molecule has 0 radical (unpaired) electrons. The first-order valence-electron chi connectivity index (χ1n) is 42.7. The molecule has 38 nitrogen and oxygen atoms in total. The summed E-state index contributed by atoms with van der Waals surface area (Å²) in [6, 6.07) is 18.8. The second-order valence-corrected chi connectivity index (χ2v) is 39.7. The topological polar surface area (TPSA) is 502 Å². The van der Waals surface area contributed by atoms with Crippen LogP contribution in [0.25, 0.3) is 22.1 Å². The molecular formula is C92H125N17O21S4. The molecule has 12 rings (SSSR count). The molecule has 0 aromatic carbocycles. The van der Waals surface area contributed by atoms with Crippen LogP contribution in [0, 0.1) is 55.4 Å². The Hall–Kier alpha value is -12.2. The van der Waals surface area contributed by atoms with Crippen molar-refractivity contribution in [1.82, 2.24) is 75.6 Å². The summed E-state index contributed by atoms with van der Waals surface area (Å²) in [7, 11) is -7.82. The van der Waals surface area contributed by atoms with Gasteiger partial charge in [0.25, 0.3) is 22.2 Å². The second-order valence-electron chi connectivity index (χ2n) is 32.0. The number of nitrogens with two attached hydrogens (primary N) is 1. The van der Waals surface area contributed by atoms with E-state index in [0.29, 0.717) is 172 Å². The van der Waals surface area contributed by atoms with E-state index in [2.05, 4.69) is 40.3 Å². The lowest BCUT2D eigenvalue weighted by Crippen LogP contribution is -2.33. The van der Waals surface area contributed by atoms with Crippen LogP contribution in [-0.2, 0) is 65.9 Å². The van der Waals surface area contributed by atoms with Crippen LogP contribution >= 0.6 is 0 Å². The molecule has 0 spiro atoms. The molecule has 7 N–H and O–H groups in total. The molecule has 42 heteroatoms. The number of rotatable bonds is 34. The van der Waals surface area contributed by atoms with Crippen LogP contribution in [0.3, 0.4) is 0 Å². The molecule has 0 aliphatic heterocycles. The first kappa shape index (κ1) is 109. The Kier molecular flexibility index (Phi) is 37.1. The number of carbonyl (C=O) groups excluding carboxylic acids is 3. The number of aromatic nitrogens is 12. The monoisotopic (exact) mass is 1930 g/mol. The minimum Gasteiger partial charge on any atom is -0.496 e. The van der Waals surface area contributed by atoms with Crippen molar-refractivity contribution in [3.05, 3.63) is 251 Å². The largest absolute Gasteiger partial charge is 0.496 e. The number of hydrogen-bond donors (Lipinski definition) is 6. The van der Waals surface area contributed by atoms with E-state index < -0.39 is 70.2 Å². The fourth-order valence-corrected chi connectivity index (χ4v) is 22.0. The number of nitrogens with one attached hydrogen (secondary N) is 4. The van der Waals surface area contributed by atoms with Gasteiger partial charge in [-0.05, 0) is 197 Å². The summed E-state index contributed by atoms with van der Waals surface area (Å²) in [4.78, 5) is 111. The number of carboxylic acids is 1. The Morgan fingerprint density at radius 2 is 0.582 bits per heavy atom. The second kappa shape index (κ2) is 45.7. The maximum Gasteiger partial charge on any atom is 0.338 e. The molecule has 12 aromatic heterocycles. The molecule has 4 atom stereocenters. The van der Waals surface area contributed by atoms with E-state index in [-0.39, 0.29) is 97.6 Å². The average Bonchev–Trinajstić information content (AvgIpc) is 1.62. The molecule has 728 valence electrons. The zero-order valence-corrected chi connectivity index (χ0v) is 82.8. The smallest absolute Gasteiger partial charge is 0.338 e. The van der Waals surface area contributed by atoms with Gasteiger partial charge in [0, 0.05) is 116 Å². The number of carboxylic acid groups (broad SMARTS) is 1. The molecule has 0 fully saturated rings. The maximum atomic E-state index is 13.4. The van der Waals surface area contributed by atoms with Gasteiger partial charge in [-0.25, -0.2) is 56.5 Å². The zero-order chi connectivity index (χ0) is 99.3. The number of H-pyrrole nitrogens is 4. The lowest BCUT2D eigenvalue weighted by atomic mass is 9.99. The van der Waals surface area contributed by atoms with Crippen LogP contribution in [0.2, 0.25) is 0 Å². The Labute approximate surface area is 780 Å². The van der Waals surface area contributed by atoms with Crippen molar-refractivity contribution in [1.29, 1.82) is 0 Å². The Morgan fingerprint density at radius 1 is 0.381 bits per heavy atom. The predicted molar refractivity (Wildman–Crippen MR) is 515 cm³/mol. The Morgan fingerprint density at radius 3 is 0.776 bits per heavy atom. The summed E-state index contributed by atoms with van der Waals surface area (Å²) in [5, 5.41) is 26.8. The molecule has 0 bridgehead atoms. The van der Waals surface area contributed by atoms with E-state index in [0.717, 1.165) is 11.9 Å². The highest BCUT2D eigenvalue weighted by atomic mass is 32.2. The number of aromatic amines is 4. The highest BCUT2D eigenvalue weighted by Crippen LogP contribution is 2.38. The van der Waals surface area contributed by atoms with Gasteiger partial charge < -0.3 is 49.7 Å². The van der Waals surface area contributed by atoms with Crippen molar-refractivity contribution in [2.75, 3.05) is 79.6 Å². The summed E-state index contributed by atoms with van der Waals surface area (Å²) in [5.41, 5.74) is 17.9. The molecule has 0 aliphatic carbocycles. The SMILES string of the molecule is C.CCN(C(C)c1c(C)c(C(=O)CCc2c(OC)cc(C)[nH]c2=O)c2cccnn12)S(C)(=O)=O.CCN(C(C)c1c(C)c(C(=O)CCc2c(OC)cc(C)[nH]c2=O)c2cccnn12)S(C)(=O)=O.CCN(C(C)c1c(C)c(C(=O)CCc2c(OC)cc(C)[nH]c2=O)c2cccnn12)S(C)(=O)=O.CCN(C(C)c1c(C)c(C(=O)O)c2cccnn12)S(C)(=O)=O.COc1cc(C)[nH]c(=O)c1CN. The zero-order valence-electron chi connectivity index (χ0n) is 79.5. The van der Waals surface area contributed by atoms with Gasteiger partial charge in [-0.3, -0.25) is 33.6 Å². The van der Waals surface area contributed by atoms with Crippen molar-refractivity contribution in [2.45, 2.75) is 187 Å². The number of sulfonamides is 4. The van der Waals surface area contributed by atoms with Crippen molar-refractivity contribution in [2.24, 2.45) is 5.73 Å². The number of Topliss-reactive ketones (excluding diaryl/α,β-unsaturated/α-hetero) is 3. The first-order chi connectivity index (χ1) is 62.4. The number of pyridine rings is 4. The van der Waals surface area contributed by atoms with Gasteiger partial charge in [-0.15, -0.1) is 0 Å². The van der Waals surface area contributed by atoms with Crippen LogP contribution in [0.15, 0.2) is 117 Å². The number of aromatic carboxylic acids is 1. The molecule has 134 heavy (non-hydrogen) atoms. The number of methoxy groups -OCH3 is 4. The van der Waals surface area contributed by atoms with Crippen LogP contribution in [0.5, 0.6) is 23.0 Å². The minimum absolute atomic E-state index is 0. The van der Waals surface area contributed by atoms with Gasteiger partial charge in [0.15, 0.2) is 17.3 Å². The van der Waals surface area contributed by atoms with Gasteiger partial charge in [-0.1, -0.05) is 35.1 Å². The average molecular weight is 1930 g/mol. The molecular weight excluding hydrogens is 1810 g/mol. The minimum atomic E-state index is -3.47. The van der Waals surface area contributed by atoms with Gasteiger partial charge in [0.05, 0.1) is 150 Å². The van der Waals surface area contributed by atoms with E-state index in [1.54, 1.807) is 201 Å². The van der Waals surface area contributed by atoms with Crippen LogP contribution in [-0.4, -0.2) is 217 Å². The third kappa shape index (κ3) is 24.1. The molecule has 0 aliphatic rings. The number of hydrogen-bond acceptors (Lipinski definition) is 25. The van der Waals surface area contributed by atoms with Crippen molar-refractivity contribution < 1.29 is 76.9 Å². The highest BCUT2D eigenvalue weighted by molar-refractivity contribution is 7.89. The van der Waals surface area contributed by atoms with Gasteiger partial charge in [-0.2, -0.15) is 37.6 Å². The summed E-state index contributed by atoms with van der Waals surface area (Å²) in [5.74, 6) is 0.394. The summed E-state index contributed by atoms with van der Waals surface area (Å²) in [6.07, 6.45) is 11.9. The standard InChI is InChI=1S/3C23H30N4O5S.C14H19N3O4S.C8H12N2O2.CH4/c3*1-7-26(33(6,30)31)16(4)22-15(3)21(18-9-8-12-24-27(18)22)19(28)11-10-17-20(32-5)13-14(2)25-23(17)29;1-5-16(22(4,20)21)10(3)13-9(2)12(14(18)19)11-7-6-8-15-17(11)13;1-5-3-7(12-2)6(4-9)8(11)10-5;/h3*8-9,12-13,16H,7,10-11H2,1-6H3,(H,25,29);6-8,10H,5H2,1-4H3,(H,18,19);3H,4,9H2,1-2H3,(H,10,11);1H4. The number of aryl methyl sites for hydroxylation is 4. The van der Waals surface area contributed by atoms with E-state index in [1.807, 2.05) is 20.8 Å². The van der Waals surface area contributed by atoms with Crippen molar-refractivity contribution in [3.8, 4) is 23.0 Å². The molecule has 0 saturated heterocycles. The Bertz CT molecular complexity index is 6590. The number of carbonyl (C=O) groups is 4. The van der Waals surface area contributed by atoms with Crippen molar-refractivity contribution >= 4 is 85.5 Å². The number of fused-ring (bicyclic) bond motifs is 4. The molecule has 0 saturated carbocycles. The third-order valence-electron chi connectivity index (χ3n) is 23.1. The van der Waals surface area contributed by atoms with Gasteiger partial charge in [0.1, 0.15) is 23.0 Å². The van der Waals surface area contributed by atoms with Gasteiger partial charge in [0.2, 0.25) is 40.1 Å². The van der Waals surface area contributed by atoms with Crippen LogP contribution in [0.4, 0.5) is 0 Å². The molecule has 12 heterocycles.